The Bertz CT molecular complexity index is 800. The summed E-state index contributed by atoms with van der Waals surface area (Å²) in [5, 5.41) is 21.9. The van der Waals surface area contributed by atoms with Crippen molar-refractivity contribution in [2.45, 2.75) is 19.9 Å². The molecular formula is C16H18N4O6. The minimum Gasteiger partial charge on any atom is -0.482 e. The molecule has 0 aliphatic heterocycles. The number of carboxylic acid groups (broad SMARTS) is 1. The van der Waals surface area contributed by atoms with Crippen LogP contribution in [0.25, 0.3) is 0 Å². The molecule has 10 nitrogen and oxygen atoms in total. The number of amides is 1. The third-order valence-corrected chi connectivity index (χ3v) is 3.49. The Morgan fingerprint density at radius 1 is 1.35 bits per heavy atom. The average Bonchev–Trinajstić information content (AvgIpc) is 2.95. The van der Waals surface area contributed by atoms with Crippen molar-refractivity contribution in [2.75, 3.05) is 13.2 Å². The van der Waals surface area contributed by atoms with Crippen LogP contribution in [-0.4, -0.2) is 44.6 Å². The number of hydrogen-bond acceptors (Lipinski definition) is 6. The normalized spacial score (nSPS) is 10.3. The highest BCUT2D eigenvalue weighted by molar-refractivity contribution is 5.75. The van der Waals surface area contributed by atoms with E-state index in [9.17, 15) is 19.7 Å². The van der Waals surface area contributed by atoms with Gasteiger partial charge in [-0.25, -0.2) is 4.79 Å². The number of imidazole rings is 1. The summed E-state index contributed by atoms with van der Waals surface area (Å²) >= 11 is 0. The lowest BCUT2D eigenvalue weighted by Gasteiger charge is -2.07. The number of ether oxygens (including phenoxy) is 1. The van der Waals surface area contributed by atoms with Crippen LogP contribution in [0.4, 0.5) is 5.82 Å². The van der Waals surface area contributed by atoms with E-state index >= 15 is 0 Å². The monoisotopic (exact) mass is 362 g/mol. The summed E-state index contributed by atoms with van der Waals surface area (Å²) in [6.07, 6.45) is 1.80. The fourth-order valence-electron chi connectivity index (χ4n) is 2.19. The summed E-state index contributed by atoms with van der Waals surface area (Å²) in [5.74, 6) is -0.765. The van der Waals surface area contributed by atoms with Gasteiger partial charge in [0.25, 0.3) is 0 Å². The highest BCUT2D eigenvalue weighted by atomic mass is 16.6. The number of carboxylic acids is 1. The summed E-state index contributed by atoms with van der Waals surface area (Å²) in [7, 11) is 0. The molecule has 2 N–H and O–H groups in total. The number of carbonyl (C=O) groups excluding carboxylic acids is 1. The van der Waals surface area contributed by atoms with Crippen LogP contribution in [0.1, 0.15) is 11.4 Å². The van der Waals surface area contributed by atoms with Crippen LogP contribution in [0.3, 0.4) is 0 Å². The Morgan fingerprint density at radius 3 is 2.62 bits per heavy atom. The van der Waals surface area contributed by atoms with E-state index in [2.05, 4.69) is 10.3 Å². The second-order valence-electron chi connectivity index (χ2n) is 5.46. The first-order chi connectivity index (χ1) is 12.3. The molecule has 0 aliphatic rings. The van der Waals surface area contributed by atoms with Gasteiger partial charge in [0.1, 0.15) is 18.5 Å². The molecule has 1 heterocycles. The fraction of sp³-hybridized carbons (Fsp3) is 0.312. The van der Waals surface area contributed by atoms with Crippen molar-refractivity contribution >= 4 is 17.7 Å². The van der Waals surface area contributed by atoms with Crippen molar-refractivity contribution in [2.24, 2.45) is 0 Å². The molecule has 0 atom stereocenters. The number of nitrogens with one attached hydrogen (secondary N) is 1. The first-order valence-corrected chi connectivity index (χ1v) is 7.73. The van der Waals surface area contributed by atoms with Crippen LogP contribution >= 0.6 is 0 Å². The minimum absolute atomic E-state index is 0.0470. The SMILES string of the molecule is Cc1nc([N+](=O)[O-])cn1CC(=O)NCCc1ccc(OCC(=O)O)cc1. The van der Waals surface area contributed by atoms with Crippen LogP contribution in [0, 0.1) is 17.0 Å². The van der Waals surface area contributed by atoms with Crippen LogP contribution < -0.4 is 10.1 Å². The van der Waals surface area contributed by atoms with Crippen LogP contribution in [0.15, 0.2) is 30.5 Å². The summed E-state index contributed by atoms with van der Waals surface area (Å²) in [6, 6.07) is 6.89. The molecular weight excluding hydrogens is 344 g/mol. The van der Waals surface area contributed by atoms with E-state index in [-0.39, 0.29) is 18.3 Å². The Kier molecular flexibility index (Phi) is 6.25. The second kappa shape index (κ2) is 8.60. The number of aromatic nitrogens is 2. The van der Waals surface area contributed by atoms with Crippen molar-refractivity contribution in [3.63, 3.8) is 0 Å². The van der Waals surface area contributed by atoms with Crippen molar-refractivity contribution < 1.29 is 24.4 Å². The molecule has 0 unspecified atom stereocenters. The summed E-state index contributed by atoms with van der Waals surface area (Å²) < 4.78 is 6.45. The molecule has 0 fully saturated rings. The molecule has 0 saturated carbocycles. The lowest BCUT2D eigenvalue weighted by Crippen LogP contribution is -2.29. The first kappa shape index (κ1) is 18.9. The number of rotatable bonds is 9. The quantitative estimate of drug-likeness (QED) is 0.500. The van der Waals surface area contributed by atoms with Crippen molar-refractivity contribution in [3.8, 4) is 5.75 Å². The molecule has 0 bridgehead atoms. The molecule has 0 radical (unpaired) electrons. The number of nitrogens with zero attached hydrogens (tertiary/aromatic N) is 3. The van der Waals surface area contributed by atoms with E-state index in [1.165, 1.54) is 10.8 Å². The molecule has 26 heavy (non-hydrogen) atoms. The second-order valence-corrected chi connectivity index (χ2v) is 5.46. The molecule has 2 aromatic rings. The van der Waals surface area contributed by atoms with Gasteiger partial charge in [-0.2, -0.15) is 0 Å². The highest BCUT2D eigenvalue weighted by Gasteiger charge is 2.16. The average molecular weight is 362 g/mol. The standard InChI is InChI=1S/C16H18N4O6/c1-11-18-14(20(24)25)8-19(11)9-15(21)17-7-6-12-2-4-13(5-3-12)26-10-16(22)23/h2-5,8H,6-7,9-10H2,1H3,(H,17,21)(H,22,23). The van der Waals surface area contributed by atoms with E-state index in [0.717, 1.165) is 5.56 Å². The van der Waals surface area contributed by atoms with E-state index < -0.39 is 17.5 Å². The number of aliphatic carboxylic acids is 1. The fourth-order valence-corrected chi connectivity index (χ4v) is 2.19. The predicted octanol–water partition coefficient (Wildman–Crippen LogP) is 0.922. The predicted molar refractivity (Wildman–Crippen MR) is 89.9 cm³/mol. The Balaban J connectivity index is 1.77. The molecule has 2 rings (SSSR count). The van der Waals surface area contributed by atoms with Gasteiger partial charge in [0.15, 0.2) is 6.61 Å². The first-order valence-electron chi connectivity index (χ1n) is 7.73. The maximum Gasteiger partial charge on any atom is 0.381 e. The van der Waals surface area contributed by atoms with Crippen LogP contribution in [-0.2, 0) is 22.6 Å². The zero-order valence-electron chi connectivity index (χ0n) is 14.0. The van der Waals surface area contributed by atoms with Gasteiger partial charge in [-0.3, -0.25) is 9.36 Å². The van der Waals surface area contributed by atoms with Crippen molar-refractivity contribution in [1.29, 1.82) is 0 Å². The molecule has 138 valence electrons. The van der Waals surface area contributed by atoms with Gasteiger partial charge < -0.3 is 25.3 Å². The molecule has 0 saturated heterocycles. The molecule has 1 amide bonds. The Labute approximate surface area is 148 Å². The van der Waals surface area contributed by atoms with Gasteiger partial charge in [0.2, 0.25) is 11.7 Å². The van der Waals surface area contributed by atoms with Gasteiger partial charge >= 0.3 is 11.8 Å². The zero-order chi connectivity index (χ0) is 19.1. The van der Waals surface area contributed by atoms with E-state index in [0.29, 0.717) is 24.5 Å². The molecule has 10 heteroatoms. The van der Waals surface area contributed by atoms with Gasteiger partial charge in [-0.1, -0.05) is 12.1 Å². The topological polar surface area (TPSA) is 137 Å². The third-order valence-electron chi connectivity index (χ3n) is 3.49. The maximum absolute atomic E-state index is 11.9. The third kappa shape index (κ3) is 5.58. The summed E-state index contributed by atoms with van der Waals surface area (Å²) in [6.45, 7) is 1.54. The minimum atomic E-state index is -1.05. The van der Waals surface area contributed by atoms with Gasteiger partial charge in [-0.15, -0.1) is 0 Å². The van der Waals surface area contributed by atoms with E-state index in [4.69, 9.17) is 9.84 Å². The number of carbonyl (C=O) groups is 2. The Morgan fingerprint density at radius 2 is 2.04 bits per heavy atom. The molecule has 0 spiro atoms. The zero-order valence-corrected chi connectivity index (χ0v) is 14.0. The lowest BCUT2D eigenvalue weighted by molar-refractivity contribution is -0.389. The van der Waals surface area contributed by atoms with E-state index in [1.807, 2.05) is 0 Å². The molecule has 0 aliphatic carbocycles. The number of hydrogen-bond donors (Lipinski definition) is 2. The van der Waals surface area contributed by atoms with E-state index in [1.54, 1.807) is 31.2 Å². The maximum atomic E-state index is 11.9. The largest absolute Gasteiger partial charge is 0.482 e. The molecule has 1 aromatic heterocycles. The number of nitro groups is 1. The summed E-state index contributed by atoms with van der Waals surface area (Å²) in [5.41, 5.74) is 0.947. The number of benzene rings is 1. The van der Waals surface area contributed by atoms with Crippen LogP contribution in [0.2, 0.25) is 0 Å². The lowest BCUT2D eigenvalue weighted by atomic mass is 10.1. The Hall–Kier alpha value is -3.43. The van der Waals surface area contributed by atoms with Crippen molar-refractivity contribution in [3.05, 3.63) is 52.0 Å². The van der Waals surface area contributed by atoms with Gasteiger partial charge in [0.05, 0.1) is 0 Å². The van der Waals surface area contributed by atoms with Gasteiger partial charge in [0, 0.05) is 13.5 Å². The highest BCUT2D eigenvalue weighted by Crippen LogP contribution is 2.12. The summed E-state index contributed by atoms with van der Waals surface area (Å²) in [4.78, 5) is 36.2. The van der Waals surface area contributed by atoms with Crippen LogP contribution in [0.5, 0.6) is 5.75 Å². The van der Waals surface area contributed by atoms with Gasteiger partial charge in [-0.05, 0) is 34.0 Å². The van der Waals surface area contributed by atoms with Crippen molar-refractivity contribution in [1.82, 2.24) is 14.9 Å². The molecule has 1 aromatic carbocycles. The smallest absolute Gasteiger partial charge is 0.381 e. The number of aryl methyl sites for hydroxylation is 1.